The van der Waals surface area contributed by atoms with Gasteiger partial charge in [0.2, 0.25) is 0 Å². The SMILES string of the molecule is CCC(CCC(=N)C1CCCCC1)Oc1cc(Cl)cc(Cl)c1OC.Cl. The van der Waals surface area contributed by atoms with Crippen LogP contribution in [-0.2, 0) is 0 Å². The molecule has 0 saturated heterocycles. The molecule has 1 atom stereocenters. The lowest BCUT2D eigenvalue weighted by Crippen LogP contribution is -2.21. The molecular weight excluding hydrogens is 381 g/mol. The molecule has 1 aromatic carbocycles. The fourth-order valence-corrected chi connectivity index (χ4v) is 3.87. The molecule has 3 nitrogen and oxygen atoms in total. The summed E-state index contributed by atoms with van der Waals surface area (Å²) in [6, 6.07) is 3.38. The summed E-state index contributed by atoms with van der Waals surface area (Å²) in [7, 11) is 1.57. The number of halogens is 3. The van der Waals surface area contributed by atoms with E-state index in [4.69, 9.17) is 38.1 Å². The number of hydrogen-bond acceptors (Lipinski definition) is 3. The Kier molecular flexibility index (Phi) is 9.99. The Morgan fingerprint density at radius 3 is 2.52 bits per heavy atom. The van der Waals surface area contributed by atoms with E-state index in [9.17, 15) is 0 Å². The molecule has 0 heterocycles. The van der Waals surface area contributed by atoms with Crippen molar-refractivity contribution in [1.29, 1.82) is 5.41 Å². The van der Waals surface area contributed by atoms with Crippen LogP contribution in [0.1, 0.15) is 58.3 Å². The van der Waals surface area contributed by atoms with E-state index in [-0.39, 0.29) is 18.5 Å². The molecular formula is C19H28Cl3NO2. The van der Waals surface area contributed by atoms with Crippen LogP contribution in [-0.4, -0.2) is 18.9 Å². The van der Waals surface area contributed by atoms with Crippen LogP contribution in [0.15, 0.2) is 12.1 Å². The number of benzene rings is 1. The van der Waals surface area contributed by atoms with Gasteiger partial charge in [0, 0.05) is 16.8 Å². The minimum Gasteiger partial charge on any atom is -0.491 e. The smallest absolute Gasteiger partial charge is 0.179 e. The van der Waals surface area contributed by atoms with Crippen LogP contribution >= 0.6 is 35.6 Å². The number of rotatable bonds is 8. The monoisotopic (exact) mass is 407 g/mol. The summed E-state index contributed by atoms with van der Waals surface area (Å²) < 4.78 is 11.4. The summed E-state index contributed by atoms with van der Waals surface area (Å²) in [5.74, 6) is 1.57. The van der Waals surface area contributed by atoms with E-state index < -0.39 is 0 Å². The van der Waals surface area contributed by atoms with Crippen molar-refractivity contribution in [3.8, 4) is 11.5 Å². The molecule has 2 rings (SSSR count). The first kappa shape index (κ1) is 22.4. The maximum Gasteiger partial charge on any atom is 0.179 e. The average molecular weight is 409 g/mol. The number of hydrogen-bond donors (Lipinski definition) is 1. The minimum absolute atomic E-state index is 0. The lowest BCUT2D eigenvalue weighted by Gasteiger charge is -2.24. The standard InChI is InChI=1S/C19H27Cl2NO2.ClH/c1-3-15(9-10-17(22)13-7-5-4-6-8-13)24-18-12-14(20)11-16(21)19(18)23-2;/h11-13,15,22H,3-10H2,1-2H3;1H. The van der Waals surface area contributed by atoms with Crippen LogP contribution in [0.3, 0.4) is 0 Å². The van der Waals surface area contributed by atoms with Gasteiger partial charge in [0.25, 0.3) is 0 Å². The second-order valence-corrected chi connectivity index (χ2v) is 7.31. The summed E-state index contributed by atoms with van der Waals surface area (Å²) in [6.07, 6.45) is 8.71. The summed E-state index contributed by atoms with van der Waals surface area (Å²) >= 11 is 12.2. The van der Waals surface area contributed by atoms with Crippen molar-refractivity contribution in [2.24, 2.45) is 5.92 Å². The molecule has 0 aromatic heterocycles. The molecule has 0 radical (unpaired) electrons. The van der Waals surface area contributed by atoms with Crippen molar-refractivity contribution in [1.82, 2.24) is 0 Å². The van der Waals surface area contributed by atoms with Gasteiger partial charge in [-0.05, 0) is 44.1 Å². The third-order valence-corrected chi connectivity index (χ3v) is 5.26. The molecule has 1 N–H and O–H groups in total. The predicted molar refractivity (Wildman–Crippen MR) is 109 cm³/mol. The zero-order valence-electron chi connectivity index (χ0n) is 14.9. The fourth-order valence-electron chi connectivity index (χ4n) is 3.32. The van der Waals surface area contributed by atoms with Gasteiger partial charge in [-0.3, -0.25) is 0 Å². The summed E-state index contributed by atoms with van der Waals surface area (Å²) in [5.41, 5.74) is 0.882. The highest BCUT2D eigenvalue weighted by Gasteiger charge is 2.20. The molecule has 0 aliphatic heterocycles. The Labute approximate surface area is 167 Å². The van der Waals surface area contributed by atoms with Crippen LogP contribution in [0.5, 0.6) is 11.5 Å². The molecule has 25 heavy (non-hydrogen) atoms. The second kappa shape index (κ2) is 11.2. The van der Waals surface area contributed by atoms with Crippen LogP contribution in [0, 0.1) is 11.3 Å². The summed E-state index contributed by atoms with van der Waals surface area (Å²) in [4.78, 5) is 0. The Morgan fingerprint density at radius 2 is 1.92 bits per heavy atom. The average Bonchev–Trinajstić information content (AvgIpc) is 2.58. The van der Waals surface area contributed by atoms with Crippen molar-refractivity contribution in [3.63, 3.8) is 0 Å². The molecule has 1 aliphatic rings. The van der Waals surface area contributed by atoms with Gasteiger partial charge >= 0.3 is 0 Å². The van der Waals surface area contributed by atoms with Gasteiger partial charge in [-0.1, -0.05) is 49.4 Å². The van der Waals surface area contributed by atoms with Crippen molar-refractivity contribution in [3.05, 3.63) is 22.2 Å². The van der Waals surface area contributed by atoms with Gasteiger partial charge in [0.15, 0.2) is 11.5 Å². The Balaban J connectivity index is 0.00000312. The molecule has 1 saturated carbocycles. The third kappa shape index (κ3) is 6.54. The molecule has 6 heteroatoms. The molecule has 0 amide bonds. The predicted octanol–water partition coefficient (Wildman–Crippen LogP) is 6.96. The van der Waals surface area contributed by atoms with Crippen molar-refractivity contribution in [2.45, 2.75) is 64.4 Å². The van der Waals surface area contributed by atoms with Crippen LogP contribution in [0.4, 0.5) is 0 Å². The molecule has 1 fully saturated rings. The maximum atomic E-state index is 8.36. The quantitative estimate of drug-likeness (QED) is 0.472. The van der Waals surface area contributed by atoms with E-state index >= 15 is 0 Å². The van der Waals surface area contributed by atoms with Crippen molar-refractivity contribution < 1.29 is 9.47 Å². The normalized spacial score (nSPS) is 16.0. The lowest BCUT2D eigenvalue weighted by atomic mass is 9.84. The van der Waals surface area contributed by atoms with Gasteiger partial charge < -0.3 is 14.9 Å². The zero-order valence-corrected chi connectivity index (χ0v) is 17.3. The van der Waals surface area contributed by atoms with Gasteiger partial charge in [0.1, 0.15) is 0 Å². The summed E-state index contributed by atoms with van der Waals surface area (Å²) in [6.45, 7) is 2.09. The first-order valence-electron chi connectivity index (χ1n) is 8.82. The molecule has 1 aromatic rings. The van der Waals surface area contributed by atoms with Gasteiger partial charge in [-0.25, -0.2) is 0 Å². The topological polar surface area (TPSA) is 42.3 Å². The van der Waals surface area contributed by atoms with Crippen LogP contribution in [0.25, 0.3) is 0 Å². The molecule has 0 spiro atoms. The first-order valence-corrected chi connectivity index (χ1v) is 9.57. The zero-order chi connectivity index (χ0) is 17.5. The highest BCUT2D eigenvalue weighted by molar-refractivity contribution is 6.35. The van der Waals surface area contributed by atoms with E-state index in [2.05, 4.69) is 6.92 Å². The first-order chi connectivity index (χ1) is 11.5. The lowest BCUT2D eigenvalue weighted by molar-refractivity contribution is 0.181. The van der Waals surface area contributed by atoms with Crippen LogP contribution < -0.4 is 9.47 Å². The van der Waals surface area contributed by atoms with Crippen molar-refractivity contribution >= 4 is 41.3 Å². The van der Waals surface area contributed by atoms with Gasteiger partial charge in [0.05, 0.1) is 18.2 Å². The number of methoxy groups -OCH3 is 1. The molecule has 0 bridgehead atoms. The van der Waals surface area contributed by atoms with E-state index in [0.29, 0.717) is 27.5 Å². The largest absolute Gasteiger partial charge is 0.491 e. The third-order valence-electron chi connectivity index (χ3n) is 4.76. The molecule has 1 unspecified atom stereocenters. The second-order valence-electron chi connectivity index (χ2n) is 6.47. The number of ether oxygens (including phenoxy) is 2. The number of nitrogens with one attached hydrogen (secondary N) is 1. The maximum absolute atomic E-state index is 8.36. The fraction of sp³-hybridized carbons (Fsp3) is 0.632. The van der Waals surface area contributed by atoms with E-state index in [1.54, 1.807) is 19.2 Å². The van der Waals surface area contributed by atoms with Crippen molar-refractivity contribution in [2.75, 3.05) is 7.11 Å². The Bertz CT molecular complexity index is 560. The van der Waals surface area contributed by atoms with Crippen LogP contribution in [0.2, 0.25) is 10.0 Å². The molecule has 142 valence electrons. The van der Waals surface area contributed by atoms with E-state index in [0.717, 1.165) is 25.0 Å². The van der Waals surface area contributed by atoms with E-state index in [1.165, 1.54) is 32.1 Å². The minimum atomic E-state index is 0. The van der Waals surface area contributed by atoms with Gasteiger partial charge in [-0.15, -0.1) is 12.4 Å². The summed E-state index contributed by atoms with van der Waals surface area (Å²) in [5, 5.41) is 9.33. The highest BCUT2D eigenvalue weighted by Crippen LogP contribution is 2.39. The highest BCUT2D eigenvalue weighted by atomic mass is 35.5. The Hall–Kier alpha value is -0.640. The van der Waals surface area contributed by atoms with E-state index in [1.807, 2.05) is 0 Å². The Morgan fingerprint density at radius 1 is 1.24 bits per heavy atom. The molecule has 1 aliphatic carbocycles. The van der Waals surface area contributed by atoms with Gasteiger partial charge in [-0.2, -0.15) is 0 Å².